The highest BCUT2D eigenvalue weighted by atomic mass is 32.1. The van der Waals surface area contributed by atoms with Gasteiger partial charge in [0.15, 0.2) is 5.82 Å². The van der Waals surface area contributed by atoms with E-state index in [9.17, 15) is 29.4 Å². The first kappa shape index (κ1) is 51.6. The van der Waals surface area contributed by atoms with Crippen molar-refractivity contribution in [3.05, 3.63) is 101 Å². The predicted molar refractivity (Wildman–Crippen MR) is 273 cm³/mol. The minimum Gasteiger partial charge on any atom is -0.507 e. The fraction of sp³-hybridized carbons (Fsp3) is 0.453. The molecule has 2 aliphatic rings. The molecule has 2 saturated heterocycles. The summed E-state index contributed by atoms with van der Waals surface area (Å²) in [7, 11) is 0. The molecule has 2 aromatic heterocycles. The van der Waals surface area contributed by atoms with Gasteiger partial charge in [-0.25, -0.2) is 4.98 Å². The highest BCUT2D eigenvalue weighted by Gasteiger charge is 2.44. The number of aliphatic hydroxyl groups excluding tert-OH is 1. The van der Waals surface area contributed by atoms with Crippen LogP contribution in [-0.4, -0.2) is 128 Å². The average Bonchev–Trinajstić information content (AvgIpc) is 3.97. The van der Waals surface area contributed by atoms with Crippen molar-refractivity contribution < 1.29 is 29.4 Å². The van der Waals surface area contributed by atoms with E-state index in [4.69, 9.17) is 5.73 Å². The van der Waals surface area contributed by atoms with Crippen LogP contribution in [0.15, 0.2) is 84.4 Å². The summed E-state index contributed by atoms with van der Waals surface area (Å²) < 4.78 is 0. The van der Waals surface area contributed by atoms with Gasteiger partial charge < -0.3 is 41.7 Å². The number of nitrogen functional groups attached to an aromatic ring is 1. The highest BCUT2D eigenvalue weighted by molar-refractivity contribution is 7.13. The van der Waals surface area contributed by atoms with Crippen LogP contribution >= 0.6 is 11.3 Å². The number of likely N-dealkylation sites (tertiary alicyclic amines) is 1. The van der Waals surface area contributed by atoms with E-state index in [0.717, 1.165) is 83.7 Å². The zero-order valence-electron chi connectivity index (χ0n) is 40.8. The molecule has 0 aliphatic carbocycles. The van der Waals surface area contributed by atoms with E-state index in [1.54, 1.807) is 29.5 Å². The number of amides is 4. The van der Waals surface area contributed by atoms with Crippen LogP contribution in [0.1, 0.15) is 82.5 Å². The maximum Gasteiger partial charge on any atom is 0.246 e. The molecule has 7 rings (SSSR count). The summed E-state index contributed by atoms with van der Waals surface area (Å²) in [6.45, 7) is 12.8. The Kier molecular flexibility index (Phi) is 17.7. The van der Waals surface area contributed by atoms with Gasteiger partial charge in [-0.3, -0.25) is 24.1 Å². The summed E-state index contributed by atoms with van der Waals surface area (Å²) in [5, 5.41) is 38.4. The standard InChI is InChI=1S/C53H68N10O6S/c1-35-48(70-34-57-35)39-21-17-37(18-22-39)31-56-51(68)44-28-40(64)33-63(44)52(69)49(53(2,3)4)58-46(66)14-8-6-5-7-11-23-61-24-26-62(27-25-61)47(67)32-55-30-36-15-19-38(20-16-36)42-29-43(59-60-50(42)54)41-12-9-10-13-45(41)65/h9-10,12-13,15-22,29,34,40,44,49,55,64-65H,5-8,11,14,23-28,30-33H2,1-4H3,(H2,54,60)(H,56,68)(H,58,66)/t40-,44+,49?/m1/s1. The van der Waals surface area contributed by atoms with Gasteiger partial charge in [0.05, 0.1) is 34.4 Å². The molecule has 70 heavy (non-hydrogen) atoms. The number of hydrogen-bond donors (Lipinski definition) is 6. The van der Waals surface area contributed by atoms with Crippen molar-refractivity contribution in [1.82, 2.24) is 45.8 Å². The Bertz CT molecular complexity index is 2560. The number of β-amino-alcohol motifs (C(OH)–C–C–N with tert-alkyl or cyclic N) is 1. The number of nitrogens with zero attached hydrogens (tertiary/aromatic N) is 6. The number of phenols is 1. The number of unbranched alkanes of at least 4 members (excludes halogenated alkanes) is 4. The van der Waals surface area contributed by atoms with Crippen molar-refractivity contribution in [2.24, 2.45) is 5.41 Å². The number of aryl methyl sites for hydroxylation is 1. The smallest absolute Gasteiger partial charge is 0.246 e. The van der Waals surface area contributed by atoms with Crippen LogP contribution < -0.4 is 21.7 Å². The SMILES string of the molecule is Cc1ncsc1-c1ccc(CNC(=O)[C@@H]2C[C@@H](O)CN2C(=O)C(NC(=O)CCCCCCCN2CCN(C(=O)CNCc3ccc(-c4cc(-c5ccccc5O)nnc4N)cc3)CC2)C(C)(C)C)cc1. The van der Waals surface area contributed by atoms with Gasteiger partial charge in [-0.05, 0) is 72.2 Å². The average molecular weight is 973 g/mol. The van der Waals surface area contributed by atoms with Gasteiger partial charge in [0.2, 0.25) is 23.6 Å². The molecule has 16 nitrogen and oxygen atoms in total. The number of benzene rings is 3. The second kappa shape index (κ2) is 24.0. The van der Waals surface area contributed by atoms with Gasteiger partial charge in [0, 0.05) is 69.8 Å². The third-order valence-corrected chi connectivity index (χ3v) is 14.2. The van der Waals surface area contributed by atoms with E-state index < -0.39 is 23.6 Å². The molecule has 372 valence electrons. The van der Waals surface area contributed by atoms with E-state index in [2.05, 4.69) is 36.0 Å². The Hall–Kier alpha value is -6.27. The van der Waals surface area contributed by atoms with Crippen molar-refractivity contribution in [1.29, 1.82) is 0 Å². The van der Waals surface area contributed by atoms with E-state index in [1.165, 1.54) is 4.90 Å². The number of nitrogens with one attached hydrogen (secondary N) is 3. The number of hydrogen-bond acceptors (Lipinski definition) is 13. The Morgan fingerprint density at radius 3 is 2.20 bits per heavy atom. The largest absolute Gasteiger partial charge is 0.507 e. The number of nitrogens with two attached hydrogens (primary N) is 1. The first-order valence-corrected chi connectivity index (χ1v) is 25.3. The number of carbonyl (C=O) groups is 4. The second-order valence-corrected chi connectivity index (χ2v) is 20.4. The molecule has 0 bridgehead atoms. The molecule has 3 atom stereocenters. The normalized spacial score (nSPS) is 16.8. The first-order valence-electron chi connectivity index (χ1n) is 24.4. The molecule has 5 aromatic rings. The summed E-state index contributed by atoms with van der Waals surface area (Å²) >= 11 is 1.58. The Morgan fingerprint density at radius 1 is 0.843 bits per heavy atom. The minimum atomic E-state index is -0.856. The van der Waals surface area contributed by atoms with Crippen LogP contribution in [0, 0.1) is 12.3 Å². The van der Waals surface area contributed by atoms with E-state index in [0.29, 0.717) is 49.6 Å². The molecule has 7 N–H and O–H groups in total. The van der Waals surface area contributed by atoms with Crippen LogP contribution in [0.25, 0.3) is 32.8 Å². The fourth-order valence-corrected chi connectivity index (χ4v) is 9.88. The highest BCUT2D eigenvalue weighted by Crippen LogP contribution is 2.33. The van der Waals surface area contributed by atoms with Crippen molar-refractivity contribution in [2.75, 3.05) is 51.5 Å². The topological polar surface area (TPSA) is 219 Å². The quantitative estimate of drug-likeness (QED) is 0.0502. The molecule has 1 unspecified atom stereocenters. The number of phenolic OH excluding ortho intramolecular Hbond substituents is 1. The Balaban J connectivity index is 0.754. The lowest BCUT2D eigenvalue weighted by Gasteiger charge is -2.35. The monoisotopic (exact) mass is 973 g/mol. The number of carbonyl (C=O) groups excluding carboxylic acids is 4. The van der Waals surface area contributed by atoms with E-state index in [1.807, 2.05) is 98.8 Å². The number of aromatic hydroxyl groups is 1. The number of aliphatic hydroxyl groups is 1. The fourth-order valence-electron chi connectivity index (χ4n) is 9.07. The summed E-state index contributed by atoms with van der Waals surface area (Å²) in [6, 6.07) is 22.9. The number of thiazole rings is 1. The maximum atomic E-state index is 14.0. The predicted octanol–water partition coefficient (Wildman–Crippen LogP) is 5.91. The summed E-state index contributed by atoms with van der Waals surface area (Å²) in [6.07, 6.45) is 4.28. The molecular weight excluding hydrogens is 905 g/mol. The van der Waals surface area contributed by atoms with Crippen LogP contribution in [0.3, 0.4) is 0 Å². The van der Waals surface area contributed by atoms with Crippen molar-refractivity contribution in [2.45, 2.75) is 104 Å². The zero-order valence-corrected chi connectivity index (χ0v) is 41.6. The number of anilines is 1. The van der Waals surface area contributed by atoms with Gasteiger partial charge in [0.1, 0.15) is 17.8 Å². The lowest BCUT2D eigenvalue weighted by Crippen LogP contribution is -2.57. The molecule has 17 heteroatoms. The van der Waals surface area contributed by atoms with Crippen molar-refractivity contribution >= 4 is 40.8 Å². The molecule has 0 radical (unpaired) electrons. The third-order valence-electron chi connectivity index (χ3n) is 13.2. The van der Waals surface area contributed by atoms with Gasteiger partial charge >= 0.3 is 0 Å². The second-order valence-electron chi connectivity index (χ2n) is 19.5. The Morgan fingerprint density at radius 2 is 1.51 bits per heavy atom. The molecule has 2 aliphatic heterocycles. The number of para-hydroxylation sites is 1. The zero-order chi connectivity index (χ0) is 49.8. The van der Waals surface area contributed by atoms with Gasteiger partial charge in [-0.1, -0.05) is 101 Å². The number of piperazine rings is 1. The summed E-state index contributed by atoms with van der Waals surface area (Å²) in [5.74, 6) is -0.393. The summed E-state index contributed by atoms with van der Waals surface area (Å²) in [4.78, 5) is 64.9. The molecule has 4 amide bonds. The Labute approximate surface area is 415 Å². The number of rotatable bonds is 20. The molecule has 0 spiro atoms. The van der Waals surface area contributed by atoms with Gasteiger partial charge in [0.25, 0.3) is 0 Å². The van der Waals surface area contributed by atoms with E-state index in [-0.39, 0.29) is 55.4 Å². The summed E-state index contributed by atoms with van der Waals surface area (Å²) in [5.41, 5.74) is 14.1. The maximum absolute atomic E-state index is 14.0. The molecular formula is C53H68N10O6S. The van der Waals surface area contributed by atoms with Crippen LogP contribution in [0.2, 0.25) is 0 Å². The number of aromatic nitrogens is 3. The van der Waals surface area contributed by atoms with Crippen LogP contribution in [0.5, 0.6) is 5.75 Å². The molecule has 0 saturated carbocycles. The van der Waals surface area contributed by atoms with Gasteiger partial charge in [-0.2, -0.15) is 0 Å². The molecule has 4 heterocycles. The lowest BCUT2D eigenvalue weighted by molar-refractivity contribution is -0.144. The van der Waals surface area contributed by atoms with Crippen molar-refractivity contribution in [3.8, 4) is 38.6 Å². The molecule has 3 aromatic carbocycles. The minimum absolute atomic E-state index is 0.0295. The first-order chi connectivity index (χ1) is 33.6. The van der Waals surface area contributed by atoms with Crippen LogP contribution in [0.4, 0.5) is 5.82 Å². The third kappa shape index (κ3) is 13.7. The molecule has 2 fully saturated rings. The van der Waals surface area contributed by atoms with E-state index >= 15 is 0 Å². The van der Waals surface area contributed by atoms with Crippen molar-refractivity contribution in [3.63, 3.8) is 0 Å². The van der Waals surface area contributed by atoms with Crippen LogP contribution in [-0.2, 0) is 32.3 Å². The lowest BCUT2D eigenvalue weighted by atomic mass is 9.85. The van der Waals surface area contributed by atoms with Gasteiger partial charge in [-0.15, -0.1) is 21.5 Å².